The second kappa shape index (κ2) is 13.5. The van der Waals surface area contributed by atoms with E-state index in [4.69, 9.17) is 4.74 Å². The second-order valence-electron chi connectivity index (χ2n) is 12.8. The van der Waals surface area contributed by atoms with Gasteiger partial charge in [0.05, 0.1) is 47.1 Å². The van der Waals surface area contributed by atoms with Crippen molar-refractivity contribution in [2.75, 3.05) is 18.6 Å². The minimum absolute atomic E-state index is 0.00870. The van der Waals surface area contributed by atoms with Crippen LogP contribution in [0.25, 0.3) is 11.1 Å². The van der Waals surface area contributed by atoms with Crippen LogP contribution in [0.1, 0.15) is 86.7 Å². The average Bonchev–Trinajstić information content (AvgIpc) is 2.99. The quantitative estimate of drug-likeness (QED) is 0.190. The van der Waals surface area contributed by atoms with Crippen LogP contribution in [0.2, 0.25) is 0 Å². The molecule has 2 aromatic carbocycles. The van der Waals surface area contributed by atoms with E-state index in [1.54, 1.807) is 19.9 Å². The van der Waals surface area contributed by atoms with Crippen molar-refractivity contribution in [3.05, 3.63) is 82.4 Å². The molecular formula is C35H37F7N2O4. The fourth-order valence-corrected chi connectivity index (χ4v) is 6.18. The van der Waals surface area contributed by atoms with Gasteiger partial charge in [0.2, 0.25) is 5.91 Å². The number of pyridine rings is 1. The van der Waals surface area contributed by atoms with E-state index in [1.807, 2.05) is 0 Å². The van der Waals surface area contributed by atoms with Gasteiger partial charge in [-0.25, -0.2) is 4.39 Å². The Morgan fingerprint density at radius 2 is 1.50 bits per heavy atom. The van der Waals surface area contributed by atoms with Gasteiger partial charge in [0.1, 0.15) is 5.82 Å². The Hall–Kier alpha value is -4.00. The lowest BCUT2D eigenvalue weighted by molar-refractivity contribution is -0.150. The van der Waals surface area contributed by atoms with Gasteiger partial charge in [-0.3, -0.25) is 14.6 Å². The lowest BCUT2D eigenvalue weighted by atomic mass is 9.75. The van der Waals surface area contributed by atoms with E-state index in [1.165, 1.54) is 45.3 Å². The lowest BCUT2D eigenvalue weighted by Crippen LogP contribution is -2.42. The number of aliphatic hydroxyl groups is 1. The fraction of sp³-hybridized carbons (Fsp3) is 0.457. The molecule has 1 aliphatic rings. The molecule has 0 saturated heterocycles. The van der Waals surface area contributed by atoms with Crippen molar-refractivity contribution in [1.82, 2.24) is 4.98 Å². The van der Waals surface area contributed by atoms with Gasteiger partial charge in [0, 0.05) is 24.2 Å². The number of amides is 1. The van der Waals surface area contributed by atoms with Crippen molar-refractivity contribution in [1.29, 1.82) is 0 Å². The molecule has 1 aliphatic carbocycles. The summed E-state index contributed by atoms with van der Waals surface area (Å²) in [4.78, 5) is 31.7. The zero-order valence-electron chi connectivity index (χ0n) is 27.2. The standard InChI is InChI=1S/C35H37F7N2O4/c1-6-48-30(45)18-33(47)11-9-21(10-12-33)28-17-27(26-8-7-25(36)13-20(26)2)29(19-43-28)44(5)31(46)32(3,4)22-14-23(34(37,38)39)16-24(15-22)35(40,41)42/h7-8,13-17,19,21,47H,6,9-12,18H2,1-5H3. The summed E-state index contributed by atoms with van der Waals surface area (Å²) in [6.45, 7) is 6.01. The molecule has 0 bridgehead atoms. The molecule has 1 saturated carbocycles. The number of hydrogen-bond acceptors (Lipinski definition) is 5. The van der Waals surface area contributed by atoms with E-state index in [2.05, 4.69) is 4.98 Å². The molecule has 0 atom stereocenters. The summed E-state index contributed by atoms with van der Waals surface area (Å²) in [5, 5.41) is 11.0. The molecule has 4 rings (SSSR count). The molecule has 13 heteroatoms. The van der Waals surface area contributed by atoms with Gasteiger partial charge >= 0.3 is 18.3 Å². The number of carbonyl (C=O) groups excluding carboxylic acids is 2. The highest BCUT2D eigenvalue weighted by atomic mass is 19.4. The number of nitrogens with zero attached hydrogens (tertiary/aromatic N) is 2. The van der Waals surface area contributed by atoms with Crippen LogP contribution in [0.5, 0.6) is 0 Å². The summed E-state index contributed by atoms with van der Waals surface area (Å²) in [6, 6.07) is 6.85. The molecule has 0 aliphatic heterocycles. The van der Waals surface area contributed by atoms with Gasteiger partial charge < -0.3 is 14.7 Å². The third kappa shape index (κ3) is 7.99. The largest absolute Gasteiger partial charge is 0.466 e. The number of halogens is 7. The van der Waals surface area contributed by atoms with E-state index in [0.717, 1.165) is 4.90 Å². The van der Waals surface area contributed by atoms with E-state index >= 15 is 0 Å². The lowest BCUT2D eigenvalue weighted by Gasteiger charge is -2.35. The van der Waals surface area contributed by atoms with E-state index in [9.17, 15) is 45.4 Å². The third-order valence-corrected chi connectivity index (χ3v) is 9.01. The fourth-order valence-electron chi connectivity index (χ4n) is 6.18. The normalized spacial score (nSPS) is 18.8. The SMILES string of the molecule is CCOC(=O)CC1(O)CCC(c2cc(-c3ccc(F)cc3C)c(N(C)C(=O)C(C)(C)c3cc(C(F)(F)F)cc(C(F)(F)F)c3)cn2)CC1. The average molecular weight is 683 g/mol. The number of esters is 1. The summed E-state index contributed by atoms with van der Waals surface area (Å²) >= 11 is 0. The van der Waals surface area contributed by atoms with Gasteiger partial charge in [-0.05, 0) is 106 Å². The number of aryl methyl sites for hydroxylation is 1. The Bertz CT molecular complexity index is 1640. The number of ether oxygens (including phenoxy) is 1. The molecule has 260 valence electrons. The molecular weight excluding hydrogens is 645 g/mol. The monoisotopic (exact) mass is 682 g/mol. The van der Waals surface area contributed by atoms with Crippen LogP contribution in [0.3, 0.4) is 0 Å². The first-order valence-electron chi connectivity index (χ1n) is 15.4. The topological polar surface area (TPSA) is 79.7 Å². The van der Waals surface area contributed by atoms with Gasteiger partial charge in [0.15, 0.2) is 0 Å². The van der Waals surface area contributed by atoms with E-state index in [0.29, 0.717) is 60.2 Å². The van der Waals surface area contributed by atoms with Crippen LogP contribution in [0, 0.1) is 12.7 Å². The van der Waals surface area contributed by atoms with Crippen LogP contribution in [-0.4, -0.2) is 41.2 Å². The van der Waals surface area contributed by atoms with Crippen molar-refractivity contribution in [3.63, 3.8) is 0 Å². The molecule has 1 amide bonds. The maximum atomic E-state index is 14.1. The number of benzene rings is 2. The summed E-state index contributed by atoms with van der Waals surface area (Å²) < 4.78 is 101. The number of aromatic nitrogens is 1. The molecule has 1 N–H and O–H groups in total. The zero-order valence-corrected chi connectivity index (χ0v) is 27.2. The Labute approximate surface area is 273 Å². The van der Waals surface area contributed by atoms with E-state index < -0.39 is 57.8 Å². The summed E-state index contributed by atoms with van der Waals surface area (Å²) in [6.07, 6.45) is -7.38. The highest BCUT2D eigenvalue weighted by molar-refractivity contribution is 6.03. The first-order valence-corrected chi connectivity index (χ1v) is 15.4. The Morgan fingerprint density at radius 1 is 0.938 bits per heavy atom. The minimum Gasteiger partial charge on any atom is -0.466 e. The van der Waals surface area contributed by atoms with Gasteiger partial charge in [-0.2, -0.15) is 26.3 Å². The molecule has 1 fully saturated rings. The van der Waals surface area contributed by atoms with Crippen molar-refractivity contribution in [3.8, 4) is 11.1 Å². The van der Waals surface area contributed by atoms with Crippen LogP contribution in [0.4, 0.5) is 36.4 Å². The second-order valence-corrected chi connectivity index (χ2v) is 12.8. The number of alkyl halides is 6. The minimum atomic E-state index is -5.10. The maximum Gasteiger partial charge on any atom is 0.416 e. The molecule has 0 radical (unpaired) electrons. The van der Waals surface area contributed by atoms with Crippen LogP contribution in [-0.2, 0) is 32.1 Å². The first-order chi connectivity index (χ1) is 22.2. The van der Waals surface area contributed by atoms with Crippen LogP contribution >= 0.6 is 0 Å². The van der Waals surface area contributed by atoms with Crippen molar-refractivity contribution >= 4 is 17.6 Å². The summed E-state index contributed by atoms with van der Waals surface area (Å²) in [5.74, 6) is -1.96. The Kier molecular flexibility index (Phi) is 10.3. The number of anilines is 1. The van der Waals surface area contributed by atoms with Gasteiger partial charge in [-0.15, -0.1) is 0 Å². The first kappa shape index (κ1) is 36.8. The summed E-state index contributed by atoms with van der Waals surface area (Å²) in [5.41, 5.74) is -4.37. The number of rotatable bonds is 8. The molecule has 6 nitrogen and oxygen atoms in total. The molecule has 3 aromatic rings. The highest BCUT2D eigenvalue weighted by Crippen LogP contribution is 2.43. The molecule has 0 spiro atoms. The number of carbonyl (C=O) groups is 2. The van der Waals surface area contributed by atoms with Crippen molar-refractivity contribution < 1.29 is 50.2 Å². The predicted octanol–water partition coefficient (Wildman–Crippen LogP) is 8.52. The predicted molar refractivity (Wildman–Crippen MR) is 165 cm³/mol. The smallest absolute Gasteiger partial charge is 0.416 e. The Balaban J connectivity index is 1.74. The molecule has 1 heterocycles. The number of likely N-dealkylation sites (N-methyl/N-ethyl adjacent to an activating group) is 1. The van der Waals surface area contributed by atoms with Gasteiger partial charge in [-0.1, -0.05) is 6.07 Å². The van der Waals surface area contributed by atoms with Crippen molar-refractivity contribution in [2.45, 2.75) is 89.1 Å². The summed E-state index contributed by atoms with van der Waals surface area (Å²) in [7, 11) is 1.34. The maximum absolute atomic E-state index is 14.1. The Morgan fingerprint density at radius 3 is 2.02 bits per heavy atom. The van der Waals surface area contributed by atoms with E-state index in [-0.39, 0.29) is 30.7 Å². The van der Waals surface area contributed by atoms with Crippen LogP contribution in [0.15, 0.2) is 48.7 Å². The molecule has 48 heavy (non-hydrogen) atoms. The highest BCUT2D eigenvalue weighted by Gasteiger charge is 2.42. The van der Waals surface area contributed by atoms with Crippen LogP contribution < -0.4 is 4.90 Å². The van der Waals surface area contributed by atoms with Gasteiger partial charge in [0.25, 0.3) is 0 Å². The number of hydrogen-bond donors (Lipinski definition) is 1. The molecule has 1 aromatic heterocycles. The third-order valence-electron chi connectivity index (χ3n) is 9.01. The van der Waals surface area contributed by atoms with Crippen molar-refractivity contribution in [2.24, 2.45) is 0 Å². The zero-order chi connectivity index (χ0) is 35.8. The molecule has 0 unspecified atom stereocenters.